The molecule has 0 fully saturated rings. The molecule has 0 atom stereocenters. The van der Waals surface area contributed by atoms with Crippen molar-refractivity contribution in [2.45, 2.75) is 20.1 Å². The van der Waals surface area contributed by atoms with Crippen molar-refractivity contribution in [3.8, 4) is 5.75 Å². The zero-order valence-corrected chi connectivity index (χ0v) is 10.1. The first-order valence-corrected chi connectivity index (χ1v) is 5.49. The average molecular weight is 232 g/mol. The summed E-state index contributed by atoms with van der Waals surface area (Å²) in [5.41, 5.74) is 2.73. The van der Waals surface area contributed by atoms with Crippen LogP contribution in [0.4, 0.5) is 0 Å². The third kappa shape index (κ3) is 2.65. The van der Waals surface area contributed by atoms with Crippen molar-refractivity contribution in [1.29, 1.82) is 0 Å². The van der Waals surface area contributed by atoms with E-state index in [1.165, 1.54) is 0 Å². The molecule has 0 radical (unpaired) electrons. The van der Waals surface area contributed by atoms with Crippen LogP contribution in [0.15, 0.2) is 30.5 Å². The summed E-state index contributed by atoms with van der Waals surface area (Å²) in [5.74, 6) is 0.810. The summed E-state index contributed by atoms with van der Waals surface area (Å²) in [4.78, 5) is 4.45. The van der Waals surface area contributed by atoms with Gasteiger partial charge in [-0.25, -0.2) is 0 Å². The molecule has 0 spiro atoms. The van der Waals surface area contributed by atoms with E-state index in [2.05, 4.69) is 4.98 Å². The second kappa shape index (κ2) is 5.01. The Morgan fingerprint density at radius 1 is 1.41 bits per heavy atom. The van der Waals surface area contributed by atoms with E-state index in [1.54, 1.807) is 7.11 Å². The number of aromatic nitrogens is 2. The Balaban J connectivity index is 2.26. The van der Waals surface area contributed by atoms with Crippen LogP contribution in [-0.4, -0.2) is 21.8 Å². The van der Waals surface area contributed by atoms with Crippen LogP contribution in [0.3, 0.4) is 0 Å². The standard InChI is InChI=1S/C13H16N2O2/c1-10-6-13(17-2)7-11(14-10)8-15-5-3-4-12(15)9-16/h3-7,16H,8-9H2,1-2H3. The average Bonchev–Trinajstić information content (AvgIpc) is 2.75. The normalized spacial score (nSPS) is 10.5. The lowest BCUT2D eigenvalue weighted by Crippen LogP contribution is -2.05. The summed E-state index contributed by atoms with van der Waals surface area (Å²) in [6, 6.07) is 7.62. The zero-order valence-electron chi connectivity index (χ0n) is 10.1. The van der Waals surface area contributed by atoms with E-state index in [4.69, 9.17) is 4.74 Å². The first kappa shape index (κ1) is 11.7. The van der Waals surface area contributed by atoms with E-state index in [1.807, 2.05) is 42.0 Å². The lowest BCUT2D eigenvalue weighted by atomic mass is 10.3. The lowest BCUT2D eigenvalue weighted by Gasteiger charge is -2.09. The predicted octanol–water partition coefficient (Wildman–Crippen LogP) is 1.74. The molecular weight excluding hydrogens is 216 g/mol. The van der Waals surface area contributed by atoms with Crippen molar-refractivity contribution in [2.24, 2.45) is 0 Å². The SMILES string of the molecule is COc1cc(C)nc(Cn2cccc2CO)c1. The number of aliphatic hydroxyl groups excluding tert-OH is 1. The molecule has 90 valence electrons. The third-order valence-corrected chi connectivity index (χ3v) is 2.63. The van der Waals surface area contributed by atoms with Gasteiger partial charge in [0.1, 0.15) is 5.75 Å². The molecular formula is C13H16N2O2. The van der Waals surface area contributed by atoms with Gasteiger partial charge in [0.2, 0.25) is 0 Å². The molecule has 1 N–H and O–H groups in total. The van der Waals surface area contributed by atoms with Crippen LogP contribution >= 0.6 is 0 Å². The van der Waals surface area contributed by atoms with E-state index >= 15 is 0 Å². The molecule has 2 heterocycles. The first-order chi connectivity index (χ1) is 8.22. The van der Waals surface area contributed by atoms with E-state index in [9.17, 15) is 5.11 Å². The molecule has 0 aliphatic rings. The van der Waals surface area contributed by atoms with Gasteiger partial charge < -0.3 is 14.4 Å². The second-order valence-electron chi connectivity index (χ2n) is 3.93. The summed E-state index contributed by atoms with van der Waals surface area (Å²) in [5, 5.41) is 9.17. The Hall–Kier alpha value is -1.81. The largest absolute Gasteiger partial charge is 0.497 e. The van der Waals surface area contributed by atoms with Crippen LogP contribution in [-0.2, 0) is 13.2 Å². The lowest BCUT2D eigenvalue weighted by molar-refractivity contribution is 0.271. The number of pyridine rings is 1. The molecule has 0 aliphatic heterocycles. The van der Waals surface area contributed by atoms with Gasteiger partial charge in [0, 0.05) is 29.7 Å². The maximum Gasteiger partial charge on any atom is 0.122 e. The van der Waals surface area contributed by atoms with Gasteiger partial charge in [-0.1, -0.05) is 0 Å². The Kier molecular flexibility index (Phi) is 3.44. The summed E-state index contributed by atoms with van der Waals surface area (Å²) in [7, 11) is 1.65. The van der Waals surface area contributed by atoms with Gasteiger partial charge in [-0.3, -0.25) is 4.98 Å². The van der Waals surface area contributed by atoms with Crippen molar-refractivity contribution in [3.05, 3.63) is 47.5 Å². The Bertz CT molecular complexity index is 506. The molecule has 0 saturated heterocycles. The fourth-order valence-corrected chi connectivity index (χ4v) is 1.82. The van der Waals surface area contributed by atoms with Gasteiger partial charge in [-0.05, 0) is 19.1 Å². The number of methoxy groups -OCH3 is 1. The molecule has 2 rings (SSSR count). The number of aryl methyl sites for hydroxylation is 1. The molecule has 4 nitrogen and oxygen atoms in total. The maximum atomic E-state index is 9.17. The topological polar surface area (TPSA) is 47.3 Å². The van der Waals surface area contributed by atoms with Crippen molar-refractivity contribution in [3.63, 3.8) is 0 Å². The summed E-state index contributed by atoms with van der Waals surface area (Å²) < 4.78 is 7.19. The summed E-state index contributed by atoms with van der Waals surface area (Å²) in [6.07, 6.45) is 1.93. The molecule has 0 amide bonds. The number of hydrogen-bond donors (Lipinski definition) is 1. The minimum atomic E-state index is 0.0376. The molecule has 4 heteroatoms. The van der Waals surface area contributed by atoms with Gasteiger partial charge in [0.15, 0.2) is 0 Å². The van der Waals surface area contributed by atoms with E-state index in [-0.39, 0.29) is 6.61 Å². The molecule has 2 aromatic heterocycles. The van der Waals surface area contributed by atoms with Crippen molar-refractivity contribution in [2.75, 3.05) is 7.11 Å². The van der Waals surface area contributed by atoms with Crippen LogP contribution in [0.5, 0.6) is 5.75 Å². The maximum absolute atomic E-state index is 9.17. The summed E-state index contributed by atoms with van der Waals surface area (Å²) >= 11 is 0. The smallest absolute Gasteiger partial charge is 0.122 e. The minimum absolute atomic E-state index is 0.0376. The van der Waals surface area contributed by atoms with Crippen LogP contribution in [0.25, 0.3) is 0 Å². The van der Waals surface area contributed by atoms with Gasteiger partial charge in [-0.2, -0.15) is 0 Å². The van der Waals surface area contributed by atoms with E-state index < -0.39 is 0 Å². The first-order valence-electron chi connectivity index (χ1n) is 5.49. The molecule has 0 aliphatic carbocycles. The highest BCUT2D eigenvalue weighted by molar-refractivity contribution is 5.27. The number of nitrogens with zero attached hydrogens (tertiary/aromatic N) is 2. The van der Waals surface area contributed by atoms with Crippen molar-refractivity contribution < 1.29 is 9.84 Å². The van der Waals surface area contributed by atoms with E-state index in [0.29, 0.717) is 6.54 Å². The number of ether oxygens (including phenoxy) is 1. The van der Waals surface area contributed by atoms with E-state index in [0.717, 1.165) is 22.8 Å². The Morgan fingerprint density at radius 3 is 2.94 bits per heavy atom. The van der Waals surface area contributed by atoms with Crippen LogP contribution in [0.1, 0.15) is 17.1 Å². The van der Waals surface area contributed by atoms with Gasteiger partial charge in [0.05, 0.1) is 26.0 Å². The molecule has 0 aromatic carbocycles. The highest BCUT2D eigenvalue weighted by Gasteiger charge is 2.04. The quantitative estimate of drug-likeness (QED) is 0.873. The highest BCUT2D eigenvalue weighted by Crippen LogP contribution is 2.15. The predicted molar refractivity (Wildman–Crippen MR) is 65.0 cm³/mol. The van der Waals surface area contributed by atoms with Gasteiger partial charge >= 0.3 is 0 Å². The number of aliphatic hydroxyl groups is 1. The zero-order chi connectivity index (χ0) is 12.3. The second-order valence-corrected chi connectivity index (χ2v) is 3.93. The summed E-state index contributed by atoms with van der Waals surface area (Å²) in [6.45, 7) is 2.62. The molecule has 2 aromatic rings. The molecule has 0 saturated carbocycles. The van der Waals surface area contributed by atoms with Gasteiger partial charge in [-0.15, -0.1) is 0 Å². The third-order valence-electron chi connectivity index (χ3n) is 2.63. The monoisotopic (exact) mass is 232 g/mol. The molecule has 0 bridgehead atoms. The highest BCUT2D eigenvalue weighted by atomic mass is 16.5. The van der Waals surface area contributed by atoms with Crippen molar-refractivity contribution >= 4 is 0 Å². The van der Waals surface area contributed by atoms with Crippen molar-refractivity contribution in [1.82, 2.24) is 9.55 Å². The number of hydrogen-bond acceptors (Lipinski definition) is 3. The number of rotatable bonds is 4. The fourth-order valence-electron chi connectivity index (χ4n) is 1.82. The molecule has 0 unspecified atom stereocenters. The van der Waals surface area contributed by atoms with Gasteiger partial charge in [0.25, 0.3) is 0 Å². The Labute approximate surface area is 100 Å². The Morgan fingerprint density at radius 2 is 2.24 bits per heavy atom. The van der Waals surface area contributed by atoms with Crippen LogP contribution in [0, 0.1) is 6.92 Å². The molecule has 17 heavy (non-hydrogen) atoms. The van der Waals surface area contributed by atoms with Crippen LogP contribution < -0.4 is 4.74 Å². The van der Waals surface area contributed by atoms with Crippen LogP contribution in [0.2, 0.25) is 0 Å². The minimum Gasteiger partial charge on any atom is -0.497 e. The fraction of sp³-hybridized carbons (Fsp3) is 0.308.